The van der Waals surface area contributed by atoms with Crippen molar-refractivity contribution in [3.8, 4) is 17.2 Å². The predicted octanol–water partition coefficient (Wildman–Crippen LogP) is 4.18. The number of pyridine rings is 1. The van der Waals surface area contributed by atoms with Gasteiger partial charge in [-0.05, 0) is 61.9 Å². The van der Waals surface area contributed by atoms with Gasteiger partial charge in [0.2, 0.25) is 11.9 Å². The van der Waals surface area contributed by atoms with Crippen LogP contribution in [0.1, 0.15) is 29.8 Å². The number of hydrogen-bond acceptors (Lipinski definition) is 8. The number of nitrogens with one attached hydrogen (secondary N) is 3. The van der Waals surface area contributed by atoms with Gasteiger partial charge in [0.1, 0.15) is 5.65 Å². The standard InChI is InChI=1S/C32H30ClN7O4/c1-5-27(41)37-25-15-44-16-26(25)38-31-35-14-19-12-23(30(43)40(4)28(19)39-31)22-11-18(9-10-24(22)33)29(42)36-21-8-6-7-20(13-21)32(2,3)17-34/h5-14,25-26H,1,15-16H2,2-4H3,(H,36,42)(H,37,41)(H,35,38,39)/t25-,26+/m0/s1. The first-order valence-corrected chi connectivity index (χ1v) is 14.2. The van der Waals surface area contributed by atoms with Gasteiger partial charge >= 0.3 is 0 Å². The van der Waals surface area contributed by atoms with E-state index in [1.165, 1.54) is 10.6 Å². The van der Waals surface area contributed by atoms with Crippen LogP contribution in [0.3, 0.4) is 0 Å². The molecule has 0 bridgehead atoms. The third-order valence-electron chi connectivity index (χ3n) is 7.50. The Hall–Kier alpha value is -5.05. The van der Waals surface area contributed by atoms with Crippen molar-refractivity contribution in [1.82, 2.24) is 19.9 Å². The number of fused-ring (bicyclic) bond motifs is 1. The molecule has 44 heavy (non-hydrogen) atoms. The van der Waals surface area contributed by atoms with Crippen LogP contribution >= 0.6 is 11.6 Å². The first kappa shape index (κ1) is 30.4. The van der Waals surface area contributed by atoms with Crippen LogP contribution in [0.25, 0.3) is 22.2 Å². The van der Waals surface area contributed by atoms with Gasteiger partial charge in [-0.25, -0.2) is 4.98 Å². The molecule has 0 spiro atoms. The quantitative estimate of drug-likeness (QED) is 0.251. The fourth-order valence-corrected chi connectivity index (χ4v) is 5.10. The molecule has 1 saturated heterocycles. The van der Waals surface area contributed by atoms with E-state index in [9.17, 15) is 19.6 Å². The molecule has 12 heteroatoms. The maximum Gasteiger partial charge on any atom is 0.259 e. The average molecular weight is 612 g/mol. The number of hydrogen-bond donors (Lipinski definition) is 3. The number of nitrogens with zero attached hydrogens (tertiary/aromatic N) is 4. The van der Waals surface area contributed by atoms with Gasteiger partial charge in [0, 0.05) is 46.0 Å². The zero-order chi connectivity index (χ0) is 31.6. The van der Waals surface area contributed by atoms with E-state index in [4.69, 9.17) is 16.3 Å². The number of ether oxygens (including phenoxy) is 1. The van der Waals surface area contributed by atoms with E-state index in [1.54, 1.807) is 69.6 Å². The third-order valence-corrected chi connectivity index (χ3v) is 7.83. The number of carbonyl (C=O) groups is 2. The molecule has 0 radical (unpaired) electrons. The largest absolute Gasteiger partial charge is 0.377 e. The van der Waals surface area contributed by atoms with Gasteiger partial charge < -0.3 is 20.7 Å². The fourth-order valence-electron chi connectivity index (χ4n) is 4.88. The number of aromatic nitrogens is 3. The number of anilines is 2. The molecule has 2 amide bonds. The van der Waals surface area contributed by atoms with Crippen molar-refractivity contribution in [1.29, 1.82) is 5.26 Å². The normalized spacial score (nSPS) is 16.2. The summed E-state index contributed by atoms with van der Waals surface area (Å²) in [4.78, 5) is 47.5. The highest BCUT2D eigenvalue weighted by atomic mass is 35.5. The topological polar surface area (TPSA) is 151 Å². The van der Waals surface area contributed by atoms with Gasteiger partial charge in [-0.15, -0.1) is 0 Å². The van der Waals surface area contributed by atoms with Crippen LogP contribution in [-0.2, 0) is 22.0 Å². The first-order chi connectivity index (χ1) is 21.0. The Kier molecular flexibility index (Phi) is 8.49. The number of aryl methyl sites for hydroxylation is 1. The number of benzene rings is 2. The van der Waals surface area contributed by atoms with Crippen LogP contribution in [0.15, 0.2) is 72.2 Å². The van der Waals surface area contributed by atoms with E-state index in [0.717, 1.165) is 5.56 Å². The summed E-state index contributed by atoms with van der Waals surface area (Å²) in [5, 5.41) is 19.2. The molecule has 0 aliphatic carbocycles. The second kappa shape index (κ2) is 12.3. The highest BCUT2D eigenvalue weighted by Gasteiger charge is 2.30. The molecule has 4 aromatic rings. The molecule has 2 aromatic heterocycles. The Balaban J connectivity index is 1.42. The Morgan fingerprint density at radius 2 is 1.93 bits per heavy atom. The molecular weight excluding hydrogens is 582 g/mol. The van der Waals surface area contributed by atoms with E-state index < -0.39 is 11.3 Å². The molecule has 224 valence electrons. The monoisotopic (exact) mass is 611 g/mol. The Morgan fingerprint density at radius 1 is 1.16 bits per heavy atom. The smallest absolute Gasteiger partial charge is 0.259 e. The number of amides is 2. The summed E-state index contributed by atoms with van der Waals surface area (Å²) < 4.78 is 6.90. The van der Waals surface area contributed by atoms with E-state index in [-0.39, 0.29) is 35.1 Å². The number of nitriles is 1. The second-order valence-electron chi connectivity index (χ2n) is 11.0. The molecule has 3 N–H and O–H groups in total. The SMILES string of the molecule is C=CC(=O)N[C@H]1COC[C@H]1Nc1ncc2cc(-c3cc(C(=O)Nc4cccc(C(C)(C)C#N)c4)ccc3Cl)c(=O)n(C)c2n1. The molecule has 1 fully saturated rings. The summed E-state index contributed by atoms with van der Waals surface area (Å²) in [6.07, 6.45) is 2.78. The summed E-state index contributed by atoms with van der Waals surface area (Å²) in [6.45, 7) is 7.75. The van der Waals surface area contributed by atoms with Gasteiger partial charge in [-0.2, -0.15) is 10.2 Å². The lowest BCUT2D eigenvalue weighted by atomic mass is 9.86. The van der Waals surface area contributed by atoms with Crippen LogP contribution < -0.4 is 21.5 Å². The lowest BCUT2D eigenvalue weighted by Gasteiger charge is -2.20. The van der Waals surface area contributed by atoms with Crippen LogP contribution in [0.5, 0.6) is 0 Å². The van der Waals surface area contributed by atoms with Crippen molar-refractivity contribution in [2.45, 2.75) is 31.3 Å². The summed E-state index contributed by atoms with van der Waals surface area (Å²) in [5.74, 6) is -0.437. The molecule has 5 rings (SSSR count). The predicted molar refractivity (Wildman–Crippen MR) is 169 cm³/mol. The van der Waals surface area contributed by atoms with E-state index in [0.29, 0.717) is 46.1 Å². The lowest BCUT2D eigenvalue weighted by molar-refractivity contribution is -0.117. The Bertz CT molecular complexity index is 1900. The van der Waals surface area contributed by atoms with Gasteiger partial charge in [-0.1, -0.05) is 30.3 Å². The number of rotatable bonds is 8. The second-order valence-corrected chi connectivity index (χ2v) is 11.4. The van der Waals surface area contributed by atoms with Crippen LogP contribution in [-0.4, -0.2) is 51.6 Å². The van der Waals surface area contributed by atoms with Crippen molar-refractivity contribution in [2.75, 3.05) is 23.8 Å². The summed E-state index contributed by atoms with van der Waals surface area (Å²) in [7, 11) is 1.59. The summed E-state index contributed by atoms with van der Waals surface area (Å²) in [6, 6.07) is 15.2. The summed E-state index contributed by atoms with van der Waals surface area (Å²) in [5.41, 5.74) is 1.55. The van der Waals surface area contributed by atoms with Gasteiger partial charge in [0.05, 0.1) is 36.8 Å². The molecule has 3 heterocycles. The number of carbonyl (C=O) groups excluding carboxylic acids is 2. The first-order valence-electron chi connectivity index (χ1n) is 13.8. The van der Waals surface area contributed by atoms with Crippen molar-refractivity contribution in [2.24, 2.45) is 7.05 Å². The molecule has 11 nitrogen and oxygen atoms in total. The summed E-state index contributed by atoms with van der Waals surface area (Å²) >= 11 is 6.54. The molecule has 0 saturated carbocycles. The van der Waals surface area contributed by atoms with Crippen LogP contribution in [0, 0.1) is 11.3 Å². The van der Waals surface area contributed by atoms with Gasteiger partial charge in [0.25, 0.3) is 11.5 Å². The number of halogens is 1. The molecule has 1 aliphatic rings. The maximum absolute atomic E-state index is 13.5. The minimum atomic E-state index is -0.721. The van der Waals surface area contributed by atoms with Crippen molar-refractivity contribution in [3.05, 3.63) is 93.9 Å². The minimum absolute atomic E-state index is 0.271. The molecule has 0 unspecified atom stereocenters. The molecule has 2 atom stereocenters. The van der Waals surface area contributed by atoms with Crippen LogP contribution in [0.4, 0.5) is 11.6 Å². The lowest BCUT2D eigenvalue weighted by Crippen LogP contribution is -2.45. The van der Waals surface area contributed by atoms with Crippen molar-refractivity contribution >= 4 is 46.1 Å². The fraction of sp³-hybridized carbons (Fsp3) is 0.250. The Morgan fingerprint density at radius 3 is 2.68 bits per heavy atom. The van der Waals surface area contributed by atoms with E-state index in [1.807, 2.05) is 6.07 Å². The van der Waals surface area contributed by atoms with Crippen molar-refractivity contribution < 1.29 is 14.3 Å². The Labute approximate surface area is 258 Å². The molecular formula is C32H30ClN7O4. The highest BCUT2D eigenvalue weighted by molar-refractivity contribution is 6.33. The highest BCUT2D eigenvalue weighted by Crippen LogP contribution is 2.30. The van der Waals surface area contributed by atoms with Crippen molar-refractivity contribution in [3.63, 3.8) is 0 Å². The maximum atomic E-state index is 13.5. The van der Waals surface area contributed by atoms with E-state index >= 15 is 0 Å². The molecule has 2 aromatic carbocycles. The molecule has 1 aliphatic heterocycles. The zero-order valence-corrected chi connectivity index (χ0v) is 25.1. The zero-order valence-electron chi connectivity index (χ0n) is 24.3. The van der Waals surface area contributed by atoms with Crippen LogP contribution in [0.2, 0.25) is 5.02 Å². The minimum Gasteiger partial charge on any atom is -0.377 e. The average Bonchev–Trinajstić information content (AvgIpc) is 3.45. The van der Waals surface area contributed by atoms with Gasteiger partial charge in [0.15, 0.2) is 0 Å². The van der Waals surface area contributed by atoms with E-state index in [2.05, 4.69) is 38.6 Å². The van der Waals surface area contributed by atoms with Gasteiger partial charge in [-0.3, -0.25) is 19.0 Å². The third kappa shape index (κ3) is 6.17.